The molecule has 0 fully saturated rings. The van der Waals surface area contributed by atoms with Gasteiger partial charge >= 0.3 is 5.97 Å². The van der Waals surface area contributed by atoms with E-state index >= 15 is 0 Å². The number of thiophene rings is 1. The van der Waals surface area contributed by atoms with Crippen LogP contribution in [0.25, 0.3) is 0 Å². The standard InChI is InChI=1S/C26H27FN2O7S2/c1-34-20-13-12-16(14-21(20)35-2)38(32,33)29(19-10-6-5-9-18(19)27)15-23(30)28-25-24(26(31)36-3)17-8-4-7-11-22(17)37-25/h5-6,9-10,12-14H,4,7-8,11,15H2,1-3H3,(H,28,30). The SMILES string of the molecule is COC(=O)c1c(NC(=O)CN(c2ccccc2F)S(=O)(=O)c2ccc(OC)c(OC)c2)sc2c1CCCC2. The molecule has 0 radical (unpaired) electrons. The summed E-state index contributed by atoms with van der Waals surface area (Å²) in [7, 11) is -0.419. The van der Waals surface area contributed by atoms with Gasteiger partial charge in [-0.2, -0.15) is 0 Å². The number of amides is 1. The van der Waals surface area contributed by atoms with Crippen LogP contribution in [0, 0.1) is 5.82 Å². The molecule has 202 valence electrons. The third-order valence-corrected chi connectivity index (χ3v) is 9.13. The molecule has 1 amide bonds. The number of nitrogens with one attached hydrogen (secondary N) is 1. The van der Waals surface area contributed by atoms with Crippen molar-refractivity contribution in [2.24, 2.45) is 0 Å². The number of benzene rings is 2. The summed E-state index contributed by atoms with van der Waals surface area (Å²) < 4.78 is 58.3. The number of esters is 1. The fraction of sp³-hybridized carbons (Fsp3) is 0.308. The highest BCUT2D eigenvalue weighted by Crippen LogP contribution is 2.39. The van der Waals surface area contributed by atoms with Gasteiger partial charge in [0.25, 0.3) is 10.0 Å². The second-order valence-electron chi connectivity index (χ2n) is 8.43. The van der Waals surface area contributed by atoms with E-state index in [1.54, 1.807) is 0 Å². The molecule has 1 aromatic heterocycles. The molecule has 9 nitrogen and oxygen atoms in total. The van der Waals surface area contributed by atoms with Gasteiger partial charge in [-0.3, -0.25) is 9.10 Å². The molecule has 1 aliphatic carbocycles. The fourth-order valence-electron chi connectivity index (χ4n) is 4.33. The number of sulfonamides is 1. The Hall–Kier alpha value is -3.64. The number of aryl methyl sites for hydroxylation is 1. The lowest BCUT2D eigenvalue weighted by Crippen LogP contribution is -2.38. The van der Waals surface area contributed by atoms with Gasteiger partial charge in [-0.05, 0) is 55.5 Å². The summed E-state index contributed by atoms with van der Waals surface area (Å²) in [4.78, 5) is 26.6. The lowest BCUT2D eigenvalue weighted by Gasteiger charge is -2.24. The Morgan fingerprint density at radius 1 is 1.03 bits per heavy atom. The molecule has 12 heteroatoms. The highest BCUT2D eigenvalue weighted by Gasteiger charge is 2.32. The summed E-state index contributed by atoms with van der Waals surface area (Å²) >= 11 is 1.27. The first-order valence-corrected chi connectivity index (χ1v) is 14.0. The predicted molar refractivity (Wildman–Crippen MR) is 141 cm³/mol. The normalized spacial score (nSPS) is 12.8. The van der Waals surface area contributed by atoms with Gasteiger partial charge in [0.1, 0.15) is 17.4 Å². The molecule has 0 bridgehead atoms. The first kappa shape index (κ1) is 27.4. The van der Waals surface area contributed by atoms with Crippen molar-refractivity contribution in [1.82, 2.24) is 0 Å². The van der Waals surface area contributed by atoms with Gasteiger partial charge in [0, 0.05) is 10.9 Å². The van der Waals surface area contributed by atoms with Crippen LogP contribution in [-0.4, -0.2) is 48.2 Å². The van der Waals surface area contributed by atoms with E-state index in [1.807, 2.05) is 0 Å². The van der Waals surface area contributed by atoms with E-state index in [2.05, 4.69) is 5.32 Å². The maximum Gasteiger partial charge on any atom is 0.341 e. The number of halogens is 1. The van der Waals surface area contributed by atoms with Crippen LogP contribution in [0.15, 0.2) is 47.4 Å². The molecule has 3 aromatic rings. The van der Waals surface area contributed by atoms with Gasteiger partial charge in [0.2, 0.25) is 5.91 Å². The van der Waals surface area contributed by atoms with Gasteiger partial charge in [-0.25, -0.2) is 17.6 Å². The molecule has 0 spiro atoms. The summed E-state index contributed by atoms with van der Waals surface area (Å²) in [5.41, 5.74) is 0.809. The highest BCUT2D eigenvalue weighted by atomic mass is 32.2. The number of hydrogen-bond acceptors (Lipinski definition) is 8. The largest absolute Gasteiger partial charge is 0.493 e. The highest BCUT2D eigenvalue weighted by molar-refractivity contribution is 7.92. The number of fused-ring (bicyclic) bond motifs is 1. The molecule has 38 heavy (non-hydrogen) atoms. The van der Waals surface area contributed by atoms with Crippen LogP contribution in [0.2, 0.25) is 0 Å². The molecule has 4 rings (SSSR count). The van der Waals surface area contributed by atoms with Crippen LogP contribution < -0.4 is 19.1 Å². The first-order valence-electron chi connectivity index (χ1n) is 11.7. The van der Waals surface area contributed by atoms with E-state index < -0.39 is 34.3 Å². The van der Waals surface area contributed by atoms with Gasteiger partial charge < -0.3 is 19.5 Å². The van der Waals surface area contributed by atoms with Crippen molar-refractivity contribution in [1.29, 1.82) is 0 Å². The van der Waals surface area contributed by atoms with Gasteiger partial charge in [-0.1, -0.05) is 12.1 Å². The van der Waals surface area contributed by atoms with E-state index in [9.17, 15) is 22.4 Å². The Labute approximate surface area is 224 Å². The number of ether oxygens (including phenoxy) is 3. The summed E-state index contributed by atoms with van der Waals surface area (Å²) in [6.45, 7) is -0.749. The van der Waals surface area contributed by atoms with Crippen molar-refractivity contribution in [3.8, 4) is 11.5 Å². The molecule has 1 aliphatic rings. The molecule has 0 saturated carbocycles. The maximum atomic E-state index is 14.9. The average molecular weight is 563 g/mol. The Bertz CT molecular complexity index is 1470. The Morgan fingerprint density at radius 2 is 1.74 bits per heavy atom. The fourth-order valence-corrected chi connectivity index (χ4v) is 7.06. The quantitative estimate of drug-likeness (QED) is 0.385. The third kappa shape index (κ3) is 5.32. The third-order valence-electron chi connectivity index (χ3n) is 6.17. The lowest BCUT2D eigenvalue weighted by molar-refractivity contribution is -0.114. The number of methoxy groups -OCH3 is 3. The number of carbonyl (C=O) groups excluding carboxylic acids is 2. The van der Waals surface area contributed by atoms with E-state index in [4.69, 9.17) is 14.2 Å². The Morgan fingerprint density at radius 3 is 2.42 bits per heavy atom. The number of hydrogen-bond donors (Lipinski definition) is 1. The molecule has 0 aliphatic heterocycles. The number of nitrogens with zero attached hydrogens (tertiary/aromatic N) is 1. The van der Waals surface area contributed by atoms with Crippen LogP contribution in [-0.2, 0) is 32.4 Å². The summed E-state index contributed by atoms with van der Waals surface area (Å²) in [6.07, 6.45) is 3.33. The molecule has 1 heterocycles. The zero-order chi connectivity index (χ0) is 27.4. The second-order valence-corrected chi connectivity index (χ2v) is 11.4. The molecule has 0 saturated heterocycles. The van der Waals surface area contributed by atoms with Crippen molar-refractivity contribution in [2.45, 2.75) is 30.6 Å². The summed E-state index contributed by atoms with van der Waals surface area (Å²) in [5, 5.41) is 2.96. The lowest BCUT2D eigenvalue weighted by atomic mass is 9.95. The van der Waals surface area contributed by atoms with E-state index in [0.29, 0.717) is 16.5 Å². The van der Waals surface area contributed by atoms with Gasteiger partial charge in [0.05, 0.1) is 37.5 Å². The van der Waals surface area contributed by atoms with Crippen LogP contribution in [0.4, 0.5) is 15.1 Å². The Balaban J connectivity index is 1.71. The summed E-state index contributed by atoms with van der Waals surface area (Å²) in [6, 6.07) is 9.19. The van der Waals surface area contributed by atoms with Crippen molar-refractivity contribution in [3.05, 3.63) is 64.3 Å². The van der Waals surface area contributed by atoms with E-state index in [-0.39, 0.29) is 26.9 Å². The zero-order valence-electron chi connectivity index (χ0n) is 21.1. The topological polar surface area (TPSA) is 111 Å². The molecule has 0 unspecified atom stereocenters. The molecular weight excluding hydrogens is 535 g/mol. The minimum absolute atomic E-state index is 0.151. The maximum absolute atomic E-state index is 14.9. The predicted octanol–water partition coefficient (Wildman–Crippen LogP) is 4.40. The second kappa shape index (κ2) is 11.4. The number of carbonyl (C=O) groups is 2. The van der Waals surface area contributed by atoms with Crippen molar-refractivity contribution in [3.63, 3.8) is 0 Å². The van der Waals surface area contributed by atoms with Gasteiger partial charge in [0.15, 0.2) is 11.5 Å². The number of rotatable bonds is 9. The first-order chi connectivity index (χ1) is 18.2. The van der Waals surface area contributed by atoms with Crippen LogP contribution in [0.3, 0.4) is 0 Å². The van der Waals surface area contributed by atoms with Crippen LogP contribution in [0.5, 0.6) is 11.5 Å². The van der Waals surface area contributed by atoms with Crippen LogP contribution >= 0.6 is 11.3 Å². The van der Waals surface area contributed by atoms with E-state index in [0.717, 1.165) is 35.8 Å². The monoisotopic (exact) mass is 562 g/mol. The zero-order valence-corrected chi connectivity index (χ0v) is 22.7. The number of anilines is 2. The minimum Gasteiger partial charge on any atom is -0.493 e. The molecule has 0 atom stereocenters. The van der Waals surface area contributed by atoms with Crippen molar-refractivity contribution < 1.29 is 36.6 Å². The smallest absolute Gasteiger partial charge is 0.341 e. The van der Waals surface area contributed by atoms with Crippen molar-refractivity contribution >= 4 is 43.9 Å². The molecule has 2 aromatic carbocycles. The molecule has 1 N–H and O–H groups in total. The van der Waals surface area contributed by atoms with Crippen molar-refractivity contribution in [2.75, 3.05) is 37.5 Å². The summed E-state index contributed by atoms with van der Waals surface area (Å²) in [5.74, 6) is -1.70. The van der Waals surface area contributed by atoms with Gasteiger partial charge in [-0.15, -0.1) is 11.3 Å². The number of para-hydroxylation sites is 1. The van der Waals surface area contributed by atoms with E-state index in [1.165, 1.54) is 69.1 Å². The van der Waals surface area contributed by atoms with Crippen LogP contribution in [0.1, 0.15) is 33.6 Å². The average Bonchev–Trinajstić information content (AvgIpc) is 3.28. The minimum atomic E-state index is -4.45. The Kier molecular flexibility index (Phi) is 8.22. The molecular formula is C26H27FN2O7S2.